The zero-order valence-corrected chi connectivity index (χ0v) is 14.1. The van der Waals surface area contributed by atoms with Crippen molar-refractivity contribution in [3.63, 3.8) is 0 Å². The lowest BCUT2D eigenvalue weighted by atomic mass is 10.2. The average Bonchev–Trinajstić information content (AvgIpc) is 3.37. The normalized spacial score (nSPS) is 11.8. The van der Waals surface area contributed by atoms with Gasteiger partial charge in [0.25, 0.3) is 0 Å². The minimum absolute atomic E-state index is 0.0990. The fourth-order valence-corrected chi connectivity index (χ4v) is 3.00. The quantitative estimate of drug-likeness (QED) is 0.521. The summed E-state index contributed by atoms with van der Waals surface area (Å²) in [6, 6.07) is 7.84. The molecule has 4 aromatic rings. The number of hydrogen-bond donors (Lipinski definition) is 0. The van der Waals surface area contributed by atoms with Crippen molar-refractivity contribution >= 4 is 11.3 Å². The number of benzene rings is 1. The third-order valence-electron chi connectivity index (χ3n) is 3.62. The molecule has 0 aliphatic carbocycles. The Balaban J connectivity index is 1.63. The first-order valence-corrected chi connectivity index (χ1v) is 8.33. The maximum Gasteiger partial charge on any atom is 0.416 e. The van der Waals surface area contributed by atoms with Gasteiger partial charge in [0.15, 0.2) is 5.82 Å². The molecule has 27 heavy (non-hydrogen) atoms. The van der Waals surface area contributed by atoms with E-state index in [0.717, 1.165) is 21.5 Å². The number of alkyl halides is 3. The molecule has 0 aliphatic heterocycles. The minimum Gasteiger partial charge on any atom is -0.244 e. The van der Waals surface area contributed by atoms with Crippen molar-refractivity contribution in [2.75, 3.05) is 0 Å². The van der Waals surface area contributed by atoms with Gasteiger partial charge in [0, 0.05) is 0 Å². The molecule has 0 N–H and O–H groups in total. The number of aromatic nitrogens is 8. The van der Waals surface area contributed by atoms with E-state index in [4.69, 9.17) is 0 Å². The summed E-state index contributed by atoms with van der Waals surface area (Å²) in [5, 5.41) is 21.1. The van der Waals surface area contributed by atoms with E-state index < -0.39 is 17.4 Å². The Kier molecular flexibility index (Phi) is 4.07. The van der Waals surface area contributed by atoms with Crippen LogP contribution < -0.4 is 5.69 Å². The van der Waals surface area contributed by atoms with E-state index in [9.17, 15) is 18.0 Å². The van der Waals surface area contributed by atoms with E-state index >= 15 is 0 Å². The monoisotopic (exact) mass is 394 g/mol. The van der Waals surface area contributed by atoms with Crippen LogP contribution in [-0.2, 0) is 12.7 Å². The molecule has 0 fully saturated rings. The van der Waals surface area contributed by atoms with Crippen molar-refractivity contribution in [1.82, 2.24) is 40.0 Å². The Morgan fingerprint density at radius 1 is 1.00 bits per heavy atom. The van der Waals surface area contributed by atoms with Crippen LogP contribution in [0.3, 0.4) is 0 Å². The molecule has 0 saturated carbocycles. The van der Waals surface area contributed by atoms with Crippen molar-refractivity contribution in [1.29, 1.82) is 0 Å². The number of halogens is 3. The van der Waals surface area contributed by atoms with E-state index in [1.165, 1.54) is 28.2 Å². The summed E-state index contributed by atoms with van der Waals surface area (Å²) in [6.45, 7) is -0.0990. The molecule has 0 atom stereocenters. The first kappa shape index (κ1) is 17.1. The van der Waals surface area contributed by atoms with E-state index in [0.29, 0.717) is 10.7 Å². The summed E-state index contributed by atoms with van der Waals surface area (Å²) in [6.07, 6.45) is -4.43. The molecular weight excluding hydrogens is 385 g/mol. The highest BCUT2D eigenvalue weighted by Gasteiger charge is 2.30. The molecular formula is C14H9F3N8OS. The molecule has 9 nitrogen and oxygen atoms in total. The number of thiophene rings is 1. The molecule has 0 unspecified atom stereocenters. The maximum atomic E-state index is 12.7. The zero-order valence-electron chi connectivity index (χ0n) is 13.3. The van der Waals surface area contributed by atoms with E-state index in [2.05, 4.69) is 26.0 Å². The minimum atomic E-state index is -4.43. The van der Waals surface area contributed by atoms with Crippen LogP contribution in [0.5, 0.6) is 0 Å². The Labute approximate surface area is 152 Å². The first-order chi connectivity index (χ1) is 12.9. The molecule has 3 aromatic heterocycles. The predicted molar refractivity (Wildman–Crippen MR) is 86.8 cm³/mol. The number of tetrazole rings is 2. The number of rotatable bonds is 4. The van der Waals surface area contributed by atoms with Gasteiger partial charge in [-0.2, -0.15) is 27.2 Å². The third kappa shape index (κ3) is 3.23. The highest BCUT2D eigenvalue weighted by atomic mass is 32.1. The van der Waals surface area contributed by atoms with Crippen molar-refractivity contribution in [3.05, 3.63) is 63.7 Å². The summed E-state index contributed by atoms with van der Waals surface area (Å²) >= 11 is 1.32. The zero-order chi connectivity index (χ0) is 19.0. The van der Waals surface area contributed by atoms with Crippen molar-refractivity contribution in [2.45, 2.75) is 12.7 Å². The van der Waals surface area contributed by atoms with Crippen LogP contribution in [0, 0.1) is 0 Å². The Morgan fingerprint density at radius 3 is 2.44 bits per heavy atom. The lowest BCUT2D eigenvalue weighted by Crippen LogP contribution is -2.25. The highest BCUT2D eigenvalue weighted by Crippen LogP contribution is 2.29. The van der Waals surface area contributed by atoms with Crippen LogP contribution in [0.4, 0.5) is 13.2 Å². The predicted octanol–water partition coefficient (Wildman–Crippen LogP) is 1.53. The van der Waals surface area contributed by atoms with Gasteiger partial charge in [-0.1, -0.05) is 0 Å². The van der Waals surface area contributed by atoms with Crippen LogP contribution in [0.25, 0.3) is 10.7 Å². The summed E-state index contributed by atoms with van der Waals surface area (Å²) in [5.41, 5.74) is -0.947. The van der Waals surface area contributed by atoms with Gasteiger partial charge in [-0.15, -0.1) is 16.4 Å². The molecule has 0 aliphatic rings. The largest absolute Gasteiger partial charge is 0.416 e. The van der Waals surface area contributed by atoms with Gasteiger partial charge in [0.2, 0.25) is 0 Å². The summed E-state index contributed by atoms with van der Waals surface area (Å²) in [7, 11) is 0. The van der Waals surface area contributed by atoms with E-state index in [1.807, 2.05) is 0 Å². The maximum absolute atomic E-state index is 12.7. The summed E-state index contributed by atoms with van der Waals surface area (Å²) < 4.78 is 41.5. The number of nitrogens with zero attached hydrogens (tertiary/aromatic N) is 8. The topological polar surface area (TPSA) is 96.3 Å². The smallest absolute Gasteiger partial charge is 0.244 e. The lowest BCUT2D eigenvalue weighted by molar-refractivity contribution is -0.137. The van der Waals surface area contributed by atoms with Crippen LogP contribution in [-0.4, -0.2) is 40.0 Å². The van der Waals surface area contributed by atoms with Gasteiger partial charge in [-0.25, -0.2) is 4.79 Å². The summed E-state index contributed by atoms with van der Waals surface area (Å²) in [5.74, 6) is 0.218. The Morgan fingerprint density at radius 2 is 1.78 bits per heavy atom. The SMILES string of the molecule is O=c1n(Cc2nnnn2-c2ccc(C(F)(F)F)cc2)nnn1-c1cccs1. The molecule has 1 aromatic carbocycles. The molecule has 4 rings (SSSR count). The van der Waals surface area contributed by atoms with E-state index in [-0.39, 0.29) is 12.4 Å². The first-order valence-electron chi connectivity index (χ1n) is 7.45. The second kappa shape index (κ2) is 6.42. The molecule has 0 radical (unpaired) electrons. The van der Waals surface area contributed by atoms with Crippen LogP contribution in [0.1, 0.15) is 11.4 Å². The second-order valence-corrected chi connectivity index (χ2v) is 6.26. The lowest BCUT2D eigenvalue weighted by Gasteiger charge is -2.08. The van der Waals surface area contributed by atoms with Gasteiger partial charge in [0.1, 0.15) is 11.5 Å². The van der Waals surface area contributed by atoms with Crippen molar-refractivity contribution < 1.29 is 13.2 Å². The second-order valence-electron chi connectivity index (χ2n) is 5.33. The van der Waals surface area contributed by atoms with Crippen LogP contribution >= 0.6 is 11.3 Å². The van der Waals surface area contributed by atoms with E-state index in [1.54, 1.807) is 17.5 Å². The Bertz CT molecular complexity index is 1110. The van der Waals surface area contributed by atoms with Crippen LogP contribution in [0.2, 0.25) is 0 Å². The third-order valence-corrected chi connectivity index (χ3v) is 4.46. The van der Waals surface area contributed by atoms with Gasteiger partial charge in [0.05, 0.1) is 11.3 Å². The number of hydrogen-bond acceptors (Lipinski definition) is 7. The molecule has 0 bridgehead atoms. The van der Waals surface area contributed by atoms with Gasteiger partial charge in [-0.3, -0.25) is 0 Å². The Hall–Kier alpha value is -3.35. The van der Waals surface area contributed by atoms with Gasteiger partial charge >= 0.3 is 11.9 Å². The fourth-order valence-electron chi connectivity index (χ4n) is 2.33. The molecule has 0 amide bonds. The molecule has 138 valence electrons. The highest BCUT2D eigenvalue weighted by molar-refractivity contribution is 7.12. The molecule has 3 heterocycles. The molecule has 0 saturated heterocycles. The molecule has 13 heteroatoms. The standard InChI is InChI=1S/C14H9F3N8OS/c15-14(16,17)9-3-5-10(6-4-9)24-11(18-19-20-24)8-23-13(26)25(22-21-23)12-2-1-7-27-12/h1-7H,8H2. The fraction of sp³-hybridized carbons (Fsp3) is 0.143. The van der Waals surface area contributed by atoms with Gasteiger partial charge in [-0.05, 0) is 62.6 Å². The summed E-state index contributed by atoms with van der Waals surface area (Å²) in [4.78, 5) is 12.4. The van der Waals surface area contributed by atoms with Crippen LogP contribution in [0.15, 0.2) is 46.6 Å². The molecule has 0 spiro atoms. The van der Waals surface area contributed by atoms with Gasteiger partial charge < -0.3 is 0 Å². The van der Waals surface area contributed by atoms with Crippen molar-refractivity contribution in [3.8, 4) is 10.7 Å². The average molecular weight is 394 g/mol. The van der Waals surface area contributed by atoms with Crippen molar-refractivity contribution in [2.24, 2.45) is 0 Å².